The summed E-state index contributed by atoms with van der Waals surface area (Å²) in [5.41, 5.74) is 0.0255. The summed E-state index contributed by atoms with van der Waals surface area (Å²) in [5.74, 6) is 0.480. The molecule has 1 rings (SSSR count). The summed E-state index contributed by atoms with van der Waals surface area (Å²) in [5, 5.41) is 13.4. The number of anilines is 1. The van der Waals surface area contributed by atoms with Crippen LogP contribution in [0.25, 0.3) is 0 Å². The van der Waals surface area contributed by atoms with E-state index in [0.717, 1.165) is 0 Å². The minimum absolute atomic E-state index is 0.0255. The third-order valence-corrected chi connectivity index (χ3v) is 1.93. The summed E-state index contributed by atoms with van der Waals surface area (Å²) in [6, 6.07) is 2.74. The molecule has 0 aliphatic heterocycles. The van der Waals surface area contributed by atoms with Crippen LogP contribution in [0.5, 0.6) is 0 Å². The van der Waals surface area contributed by atoms with E-state index in [1.54, 1.807) is 7.11 Å². The molecule has 1 N–H and O–H groups in total. The highest BCUT2D eigenvalue weighted by Gasteiger charge is 2.07. The molecule has 1 unspecified atom stereocenters. The Bertz CT molecular complexity index is 343. The van der Waals surface area contributed by atoms with E-state index in [4.69, 9.17) is 4.74 Å². The van der Waals surface area contributed by atoms with Crippen LogP contribution in [0.2, 0.25) is 0 Å². The van der Waals surface area contributed by atoms with Gasteiger partial charge in [-0.15, -0.1) is 0 Å². The number of ether oxygens (including phenoxy) is 1. The van der Waals surface area contributed by atoms with Gasteiger partial charge in [0.15, 0.2) is 0 Å². The van der Waals surface area contributed by atoms with Crippen molar-refractivity contribution in [1.82, 2.24) is 4.98 Å². The number of aromatic nitrogens is 1. The summed E-state index contributed by atoms with van der Waals surface area (Å²) >= 11 is 0. The van der Waals surface area contributed by atoms with Gasteiger partial charge >= 0.3 is 0 Å². The fourth-order valence-corrected chi connectivity index (χ4v) is 0.961. The van der Waals surface area contributed by atoms with Gasteiger partial charge in [-0.2, -0.15) is 0 Å². The van der Waals surface area contributed by atoms with E-state index >= 15 is 0 Å². The van der Waals surface area contributed by atoms with E-state index in [-0.39, 0.29) is 11.8 Å². The van der Waals surface area contributed by atoms with Gasteiger partial charge in [0.2, 0.25) is 0 Å². The van der Waals surface area contributed by atoms with Crippen molar-refractivity contribution in [1.29, 1.82) is 0 Å². The van der Waals surface area contributed by atoms with Gasteiger partial charge in [0.1, 0.15) is 5.82 Å². The molecule has 1 aromatic rings. The van der Waals surface area contributed by atoms with Gasteiger partial charge in [-0.05, 0) is 6.92 Å². The van der Waals surface area contributed by atoms with Crippen LogP contribution in [-0.4, -0.2) is 29.7 Å². The average molecular weight is 211 g/mol. The Morgan fingerprint density at radius 3 is 3.07 bits per heavy atom. The van der Waals surface area contributed by atoms with E-state index < -0.39 is 4.92 Å². The lowest BCUT2D eigenvalue weighted by Crippen LogP contribution is -2.18. The Labute approximate surface area is 87.4 Å². The highest BCUT2D eigenvalue weighted by Crippen LogP contribution is 2.13. The van der Waals surface area contributed by atoms with Crippen molar-refractivity contribution in [3.05, 3.63) is 28.4 Å². The SMILES string of the molecule is COC(C)CNc1cc([N+](=O)[O-])ccn1. The van der Waals surface area contributed by atoms with Crippen molar-refractivity contribution in [2.45, 2.75) is 13.0 Å². The molecule has 1 atom stereocenters. The van der Waals surface area contributed by atoms with Gasteiger partial charge in [-0.1, -0.05) is 0 Å². The maximum atomic E-state index is 10.5. The smallest absolute Gasteiger partial charge is 0.274 e. The van der Waals surface area contributed by atoms with Crippen molar-refractivity contribution in [2.24, 2.45) is 0 Å². The van der Waals surface area contributed by atoms with Gasteiger partial charge < -0.3 is 10.1 Å². The molecule has 82 valence electrons. The van der Waals surface area contributed by atoms with Crippen LogP contribution in [0.3, 0.4) is 0 Å². The zero-order valence-electron chi connectivity index (χ0n) is 8.64. The Hall–Kier alpha value is -1.69. The molecule has 0 fully saturated rings. The predicted molar refractivity (Wildman–Crippen MR) is 55.9 cm³/mol. The van der Waals surface area contributed by atoms with Gasteiger partial charge in [0.05, 0.1) is 17.1 Å². The van der Waals surface area contributed by atoms with E-state index in [2.05, 4.69) is 10.3 Å². The minimum Gasteiger partial charge on any atom is -0.380 e. The Morgan fingerprint density at radius 1 is 1.73 bits per heavy atom. The first-order chi connectivity index (χ1) is 7.13. The number of nitro groups is 1. The van der Waals surface area contributed by atoms with Crippen molar-refractivity contribution >= 4 is 11.5 Å². The predicted octanol–water partition coefficient (Wildman–Crippen LogP) is 1.44. The number of hydrogen-bond donors (Lipinski definition) is 1. The van der Waals surface area contributed by atoms with E-state index in [0.29, 0.717) is 12.4 Å². The first-order valence-electron chi connectivity index (χ1n) is 4.50. The lowest BCUT2D eigenvalue weighted by molar-refractivity contribution is -0.384. The molecule has 1 heterocycles. The number of nitrogens with zero attached hydrogens (tertiary/aromatic N) is 2. The van der Waals surface area contributed by atoms with Crippen LogP contribution in [0.4, 0.5) is 11.5 Å². The van der Waals surface area contributed by atoms with Crippen LogP contribution < -0.4 is 5.32 Å². The van der Waals surface area contributed by atoms with E-state index in [9.17, 15) is 10.1 Å². The van der Waals surface area contributed by atoms with Crippen LogP contribution in [-0.2, 0) is 4.74 Å². The Balaban J connectivity index is 2.62. The fraction of sp³-hybridized carbons (Fsp3) is 0.444. The molecule has 0 radical (unpaired) electrons. The van der Waals surface area contributed by atoms with Crippen LogP contribution in [0.1, 0.15) is 6.92 Å². The molecule has 0 saturated carbocycles. The second kappa shape index (κ2) is 5.26. The summed E-state index contributed by atoms with van der Waals surface area (Å²) in [4.78, 5) is 14.0. The Kier molecular flexibility index (Phi) is 3.99. The van der Waals surface area contributed by atoms with Gasteiger partial charge in [0, 0.05) is 25.9 Å². The first-order valence-corrected chi connectivity index (χ1v) is 4.50. The second-order valence-corrected chi connectivity index (χ2v) is 3.08. The molecule has 0 amide bonds. The summed E-state index contributed by atoms with van der Waals surface area (Å²) in [6.45, 7) is 2.45. The minimum atomic E-state index is -0.452. The van der Waals surface area contributed by atoms with Crippen LogP contribution in [0, 0.1) is 10.1 Å². The molecule has 0 bridgehead atoms. The largest absolute Gasteiger partial charge is 0.380 e. The highest BCUT2D eigenvalue weighted by molar-refractivity contribution is 5.44. The molecular formula is C9H13N3O3. The van der Waals surface area contributed by atoms with Gasteiger partial charge in [-0.25, -0.2) is 4.98 Å². The lowest BCUT2D eigenvalue weighted by Gasteiger charge is -2.10. The molecule has 15 heavy (non-hydrogen) atoms. The topological polar surface area (TPSA) is 77.3 Å². The molecule has 6 nitrogen and oxygen atoms in total. The molecule has 6 heteroatoms. The maximum absolute atomic E-state index is 10.5. The normalized spacial score (nSPS) is 12.1. The van der Waals surface area contributed by atoms with Gasteiger partial charge in [-0.3, -0.25) is 10.1 Å². The number of hydrogen-bond acceptors (Lipinski definition) is 5. The lowest BCUT2D eigenvalue weighted by atomic mass is 10.3. The molecular weight excluding hydrogens is 198 g/mol. The summed E-state index contributed by atoms with van der Waals surface area (Å²) in [6.07, 6.45) is 1.43. The maximum Gasteiger partial charge on any atom is 0.274 e. The zero-order chi connectivity index (χ0) is 11.3. The number of methoxy groups -OCH3 is 1. The highest BCUT2D eigenvalue weighted by atomic mass is 16.6. The van der Waals surface area contributed by atoms with E-state index in [1.807, 2.05) is 6.92 Å². The molecule has 0 aliphatic carbocycles. The number of rotatable bonds is 5. The Morgan fingerprint density at radius 2 is 2.47 bits per heavy atom. The molecule has 1 aromatic heterocycles. The standard InChI is InChI=1S/C9H13N3O3/c1-7(15-2)6-11-9-5-8(12(13)14)3-4-10-9/h3-5,7H,6H2,1-2H3,(H,10,11). The third kappa shape index (κ3) is 3.51. The van der Waals surface area contributed by atoms with Crippen molar-refractivity contribution < 1.29 is 9.66 Å². The quantitative estimate of drug-likeness (QED) is 0.589. The van der Waals surface area contributed by atoms with Crippen LogP contribution in [0.15, 0.2) is 18.3 Å². The summed E-state index contributed by atoms with van der Waals surface area (Å²) in [7, 11) is 1.60. The first kappa shape index (κ1) is 11.4. The van der Waals surface area contributed by atoms with E-state index in [1.165, 1.54) is 18.3 Å². The van der Waals surface area contributed by atoms with Gasteiger partial charge in [0.25, 0.3) is 5.69 Å². The fourth-order valence-electron chi connectivity index (χ4n) is 0.961. The van der Waals surface area contributed by atoms with Crippen LogP contribution >= 0.6 is 0 Å². The molecule has 0 spiro atoms. The molecule has 0 aromatic carbocycles. The monoisotopic (exact) mass is 211 g/mol. The van der Waals surface area contributed by atoms with Crippen molar-refractivity contribution in [3.63, 3.8) is 0 Å². The second-order valence-electron chi connectivity index (χ2n) is 3.08. The molecule has 0 aliphatic rings. The molecule has 0 saturated heterocycles. The summed E-state index contributed by atoms with van der Waals surface area (Å²) < 4.78 is 5.03. The number of nitrogens with one attached hydrogen (secondary N) is 1. The zero-order valence-corrected chi connectivity index (χ0v) is 8.64. The van der Waals surface area contributed by atoms with Crippen molar-refractivity contribution in [3.8, 4) is 0 Å². The third-order valence-electron chi connectivity index (χ3n) is 1.93. The average Bonchev–Trinajstić information content (AvgIpc) is 2.26. The number of pyridine rings is 1. The van der Waals surface area contributed by atoms with Crippen molar-refractivity contribution in [2.75, 3.05) is 19.0 Å².